The number of aryl methyl sites for hydroxylation is 1. The van der Waals surface area contributed by atoms with Crippen LogP contribution < -0.4 is 15.4 Å². The fourth-order valence-electron chi connectivity index (χ4n) is 3.61. The molecule has 32 heavy (non-hydrogen) atoms. The molecule has 0 radical (unpaired) electrons. The van der Waals surface area contributed by atoms with Crippen molar-refractivity contribution in [3.63, 3.8) is 0 Å². The van der Waals surface area contributed by atoms with Crippen LogP contribution >= 0.6 is 11.6 Å². The maximum Gasteiger partial charge on any atom is 0.230 e. The molecule has 1 aliphatic heterocycles. The molecule has 0 aliphatic carbocycles. The zero-order valence-corrected chi connectivity index (χ0v) is 19.7. The molecule has 8 nitrogen and oxygen atoms in total. The van der Waals surface area contributed by atoms with Crippen LogP contribution in [0.4, 0.5) is 5.69 Å². The lowest BCUT2D eigenvalue weighted by atomic mass is 10.1. The van der Waals surface area contributed by atoms with E-state index in [2.05, 4.69) is 32.4 Å². The van der Waals surface area contributed by atoms with Gasteiger partial charge in [0.25, 0.3) is 0 Å². The Labute approximate surface area is 194 Å². The van der Waals surface area contributed by atoms with Gasteiger partial charge in [0.05, 0.1) is 43.8 Å². The molecule has 1 atom stereocenters. The Morgan fingerprint density at radius 3 is 2.75 bits per heavy atom. The average Bonchev–Trinajstić information content (AvgIpc) is 2.77. The number of carbonyl (C=O) groups excluding carboxylic acids is 1. The number of anilines is 1. The lowest BCUT2D eigenvalue weighted by Gasteiger charge is -2.29. The van der Waals surface area contributed by atoms with Gasteiger partial charge >= 0.3 is 0 Å². The van der Waals surface area contributed by atoms with E-state index in [9.17, 15) is 4.79 Å². The van der Waals surface area contributed by atoms with Gasteiger partial charge in [0, 0.05) is 43.1 Å². The molecule has 0 saturated carbocycles. The van der Waals surface area contributed by atoms with E-state index in [1.807, 2.05) is 13.0 Å². The van der Waals surface area contributed by atoms with Crippen molar-refractivity contribution < 1.29 is 14.3 Å². The SMILES string of the molecule is COc1cc(CCN[C@H](C)CN2CCOCC2)c(Cl)cc1NC(=O)Cc1cnc(C)cn1. The number of rotatable bonds is 10. The third-order valence-electron chi connectivity index (χ3n) is 5.34. The zero-order chi connectivity index (χ0) is 22.9. The van der Waals surface area contributed by atoms with Gasteiger partial charge in [-0.15, -0.1) is 0 Å². The van der Waals surface area contributed by atoms with Crippen molar-refractivity contribution in [1.82, 2.24) is 20.2 Å². The highest BCUT2D eigenvalue weighted by Crippen LogP contribution is 2.31. The number of benzene rings is 1. The van der Waals surface area contributed by atoms with Gasteiger partial charge in [-0.2, -0.15) is 0 Å². The van der Waals surface area contributed by atoms with Gasteiger partial charge in [-0.05, 0) is 44.5 Å². The van der Waals surface area contributed by atoms with Crippen LogP contribution in [-0.4, -0.2) is 73.3 Å². The number of nitrogens with one attached hydrogen (secondary N) is 2. The topological polar surface area (TPSA) is 88.6 Å². The van der Waals surface area contributed by atoms with Crippen LogP contribution in [-0.2, 0) is 22.4 Å². The lowest BCUT2D eigenvalue weighted by molar-refractivity contribution is -0.115. The Balaban J connectivity index is 1.53. The minimum absolute atomic E-state index is 0.126. The summed E-state index contributed by atoms with van der Waals surface area (Å²) in [6.45, 7) is 9.42. The van der Waals surface area contributed by atoms with E-state index in [1.54, 1.807) is 25.6 Å². The summed E-state index contributed by atoms with van der Waals surface area (Å²) in [5.41, 5.74) is 2.92. The Hall–Kier alpha value is -2.26. The van der Waals surface area contributed by atoms with Gasteiger partial charge in [0.15, 0.2) is 0 Å². The van der Waals surface area contributed by atoms with Gasteiger partial charge in [-0.25, -0.2) is 0 Å². The molecule has 2 aromatic rings. The first kappa shape index (κ1) is 24.4. The smallest absolute Gasteiger partial charge is 0.230 e. The summed E-state index contributed by atoms with van der Waals surface area (Å²) >= 11 is 6.51. The number of morpholine rings is 1. The lowest BCUT2D eigenvalue weighted by Crippen LogP contribution is -2.44. The molecule has 1 amide bonds. The van der Waals surface area contributed by atoms with E-state index in [0.717, 1.165) is 57.1 Å². The van der Waals surface area contributed by atoms with Gasteiger partial charge in [0.2, 0.25) is 5.91 Å². The Morgan fingerprint density at radius 1 is 1.28 bits per heavy atom. The van der Waals surface area contributed by atoms with Crippen LogP contribution in [0.15, 0.2) is 24.5 Å². The first-order valence-electron chi connectivity index (χ1n) is 10.9. The van der Waals surface area contributed by atoms with Crippen LogP contribution in [0.1, 0.15) is 23.9 Å². The van der Waals surface area contributed by atoms with Crippen molar-refractivity contribution in [2.45, 2.75) is 32.7 Å². The summed E-state index contributed by atoms with van der Waals surface area (Å²) in [5, 5.41) is 7.02. The Bertz CT molecular complexity index is 888. The van der Waals surface area contributed by atoms with E-state index in [0.29, 0.717) is 28.2 Å². The number of methoxy groups -OCH3 is 1. The number of aromatic nitrogens is 2. The Kier molecular flexibility index (Phi) is 9.23. The third-order valence-corrected chi connectivity index (χ3v) is 5.69. The molecule has 0 spiro atoms. The largest absolute Gasteiger partial charge is 0.495 e. The maximum absolute atomic E-state index is 12.4. The van der Waals surface area contributed by atoms with Crippen molar-refractivity contribution in [3.05, 3.63) is 46.5 Å². The minimum Gasteiger partial charge on any atom is -0.495 e. The van der Waals surface area contributed by atoms with Crippen molar-refractivity contribution in [2.24, 2.45) is 0 Å². The molecule has 1 aliphatic rings. The average molecular weight is 462 g/mol. The predicted octanol–water partition coefficient (Wildman–Crippen LogP) is 2.48. The number of halogens is 1. The molecule has 2 N–H and O–H groups in total. The van der Waals surface area contributed by atoms with Crippen LogP contribution in [0.5, 0.6) is 5.75 Å². The number of carbonyl (C=O) groups is 1. The fraction of sp³-hybridized carbons (Fsp3) is 0.522. The summed E-state index contributed by atoms with van der Waals surface area (Å²) in [6.07, 6.45) is 4.14. The molecular weight excluding hydrogens is 430 g/mol. The number of ether oxygens (including phenoxy) is 2. The second-order valence-corrected chi connectivity index (χ2v) is 8.44. The summed E-state index contributed by atoms with van der Waals surface area (Å²) in [4.78, 5) is 23.2. The highest BCUT2D eigenvalue weighted by Gasteiger charge is 2.15. The van der Waals surface area contributed by atoms with Gasteiger partial charge in [0.1, 0.15) is 5.75 Å². The Morgan fingerprint density at radius 2 is 2.06 bits per heavy atom. The normalized spacial score (nSPS) is 15.4. The molecule has 0 unspecified atom stereocenters. The molecule has 1 aromatic heterocycles. The van der Waals surface area contributed by atoms with Crippen molar-refractivity contribution in [3.8, 4) is 5.75 Å². The van der Waals surface area contributed by atoms with Crippen molar-refractivity contribution in [1.29, 1.82) is 0 Å². The molecule has 1 aromatic carbocycles. The predicted molar refractivity (Wildman–Crippen MR) is 126 cm³/mol. The summed E-state index contributed by atoms with van der Waals surface area (Å²) in [7, 11) is 1.58. The number of amides is 1. The van der Waals surface area contributed by atoms with Crippen LogP contribution in [0.3, 0.4) is 0 Å². The van der Waals surface area contributed by atoms with Crippen LogP contribution in [0, 0.1) is 6.92 Å². The van der Waals surface area contributed by atoms with E-state index >= 15 is 0 Å². The summed E-state index contributed by atoms with van der Waals surface area (Å²) in [5.74, 6) is 0.373. The second kappa shape index (κ2) is 12.1. The van der Waals surface area contributed by atoms with E-state index < -0.39 is 0 Å². The third kappa shape index (κ3) is 7.41. The second-order valence-electron chi connectivity index (χ2n) is 8.04. The quantitative estimate of drug-likeness (QED) is 0.561. The van der Waals surface area contributed by atoms with Crippen molar-refractivity contribution >= 4 is 23.2 Å². The van der Waals surface area contributed by atoms with Crippen LogP contribution in [0.25, 0.3) is 0 Å². The van der Waals surface area contributed by atoms with Gasteiger partial charge < -0.3 is 20.1 Å². The van der Waals surface area contributed by atoms with E-state index in [1.165, 1.54) is 0 Å². The standard InChI is InChI=1S/C23H32ClN5O3/c1-16-13-27-19(14-26-16)11-23(30)28-21-12-20(24)18(10-22(21)31-3)4-5-25-17(2)15-29-6-8-32-9-7-29/h10,12-14,17,25H,4-9,11,15H2,1-3H3,(H,28,30)/t17-/m1/s1. The van der Waals surface area contributed by atoms with E-state index in [-0.39, 0.29) is 12.3 Å². The number of hydrogen-bond acceptors (Lipinski definition) is 7. The number of nitrogens with zero attached hydrogens (tertiary/aromatic N) is 3. The van der Waals surface area contributed by atoms with Crippen molar-refractivity contribution in [2.75, 3.05) is 51.8 Å². The molecular formula is C23H32ClN5O3. The molecule has 174 valence electrons. The monoisotopic (exact) mass is 461 g/mol. The summed E-state index contributed by atoms with van der Waals surface area (Å²) in [6, 6.07) is 4.00. The fourth-order valence-corrected chi connectivity index (χ4v) is 3.87. The summed E-state index contributed by atoms with van der Waals surface area (Å²) < 4.78 is 10.9. The molecule has 2 heterocycles. The molecule has 1 saturated heterocycles. The molecule has 1 fully saturated rings. The number of hydrogen-bond donors (Lipinski definition) is 2. The van der Waals surface area contributed by atoms with Gasteiger partial charge in [-0.3, -0.25) is 19.7 Å². The molecule has 0 bridgehead atoms. The van der Waals surface area contributed by atoms with Crippen LogP contribution in [0.2, 0.25) is 5.02 Å². The van der Waals surface area contributed by atoms with Gasteiger partial charge in [-0.1, -0.05) is 11.6 Å². The molecule has 3 rings (SSSR count). The molecule has 9 heteroatoms. The minimum atomic E-state index is -0.205. The van der Waals surface area contributed by atoms with E-state index in [4.69, 9.17) is 21.1 Å². The maximum atomic E-state index is 12.4. The highest BCUT2D eigenvalue weighted by atomic mass is 35.5. The first-order chi connectivity index (χ1) is 15.4. The highest BCUT2D eigenvalue weighted by molar-refractivity contribution is 6.31. The first-order valence-corrected chi connectivity index (χ1v) is 11.3. The zero-order valence-electron chi connectivity index (χ0n) is 19.0.